The number of halogens is 3. The largest absolute Gasteiger partial charge is 0.506 e. The molecule has 0 atom stereocenters. The zero-order valence-corrected chi connectivity index (χ0v) is 16.9. The Hall–Kier alpha value is -1.56. The molecule has 2 aromatic carbocycles. The fourth-order valence-corrected chi connectivity index (χ4v) is 3.73. The first kappa shape index (κ1) is 18.8. The molecule has 0 aliphatic heterocycles. The van der Waals surface area contributed by atoms with Crippen molar-refractivity contribution in [1.29, 1.82) is 5.26 Å². The van der Waals surface area contributed by atoms with Crippen LogP contribution in [0.3, 0.4) is 0 Å². The van der Waals surface area contributed by atoms with Crippen molar-refractivity contribution in [2.24, 2.45) is 0 Å². The smallest absolute Gasteiger partial charge is 0.266 e. The number of hydrogen-bond donors (Lipinski definition) is 2. The summed E-state index contributed by atoms with van der Waals surface area (Å²) in [5, 5.41) is 22.6. The number of aryl methyl sites for hydroxylation is 1. The molecule has 4 nitrogen and oxygen atoms in total. The number of hydrogen-bond acceptors (Lipinski definition) is 3. The average molecular weight is 518 g/mol. The van der Waals surface area contributed by atoms with Gasteiger partial charge in [0.1, 0.15) is 17.4 Å². The molecule has 0 aliphatic carbocycles. The number of phenols is 1. The van der Waals surface area contributed by atoms with Crippen molar-refractivity contribution in [2.45, 2.75) is 6.92 Å². The lowest BCUT2D eigenvalue weighted by Crippen LogP contribution is -2.14. The van der Waals surface area contributed by atoms with Crippen LogP contribution in [0.4, 0.5) is 5.69 Å². The molecule has 122 valence electrons. The molecule has 2 aromatic rings. The molecular weight excluding hydrogens is 506 g/mol. The highest BCUT2D eigenvalue weighted by molar-refractivity contribution is 14.1. The summed E-state index contributed by atoms with van der Waals surface area (Å²) < 4.78 is 1.35. The number of carbonyl (C=O) groups excluding carboxylic acids is 1. The summed E-state index contributed by atoms with van der Waals surface area (Å²) in [5.74, 6) is -0.542. The first-order chi connectivity index (χ1) is 11.3. The van der Waals surface area contributed by atoms with Crippen LogP contribution in [-0.2, 0) is 4.79 Å². The third-order valence-corrected chi connectivity index (χ3v) is 4.67. The van der Waals surface area contributed by atoms with Crippen molar-refractivity contribution in [3.63, 3.8) is 0 Å². The van der Waals surface area contributed by atoms with Gasteiger partial charge in [0.2, 0.25) is 0 Å². The predicted octanol–water partition coefficient (Wildman–Crippen LogP) is 5.27. The van der Waals surface area contributed by atoms with Crippen molar-refractivity contribution in [2.75, 3.05) is 5.32 Å². The molecule has 7 heteroatoms. The monoisotopic (exact) mass is 516 g/mol. The second-order valence-corrected chi connectivity index (χ2v) is 7.42. The van der Waals surface area contributed by atoms with E-state index < -0.39 is 5.91 Å². The van der Waals surface area contributed by atoms with Crippen molar-refractivity contribution >= 4 is 67.8 Å². The second kappa shape index (κ2) is 8.01. The summed E-state index contributed by atoms with van der Waals surface area (Å²) in [6.07, 6.45) is 1.35. The number of nitrogens with one attached hydrogen (secondary N) is 1. The second-order valence-electron chi connectivity index (χ2n) is 4.91. The Balaban J connectivity index is 2.34. The van der Waals surface area contributed by atoms with E-state index >= 15 is 0 Å². The maximum atomic E-state index is 12.3. The van der Waals surface area contributed by atoms with Crippen LogP contribution < -0.4 is 5.32 Å². The fraction of sp³-hybridized carbons (Fsp3) is 0.0588. The van der Waals surface area contributed by atoms with E-state index in [0.717, 1.165) is 10.0 Å². The van der Waals surface area contributed by atoms with Gasteiger partial charge >= 0.3 is 0 Å². The van der Waals surface area contributed by atoms with Crippen molar-refractivity contribution in [3.8, 4) is 11.8 Å². The maximum Gasteiger partial charge on any atom is 0.266 e. The van der Waals surface area contributed by atoms with Gasteiger partial charge in [-0.15, -0.1) is 0 Å². The van der Waals surface area contributed by atoms with Gasteiger partial charge in [-0.1, -0.05) is 27.5 Å². The molecule has 0 radical (unpaired) electrons. The van der Waals surface area contributed by atoms with Crippen LogP contribution in [-0.4, -0.2) is 11.0 Å². The van der Waals surface area contributed by atoms with Gasteiger partial charge in [-0.2, -0.15) is 5.26 Å². The highest BCUT2D eigenvalue weighted by Crippen LogP contribution is 2.30. The number of rotatable bonds is 3. The van der Waals surface area contributed by atoms with Crippen molar-refractivity contribution < 1.29 is 9.90 Å². The van der Waals surface area contributed by atoms with Crippen LogP contribution >= 0.6 is 50.1 Å². The third-order valence-electron chi connectivity index (χ3n) is 3.16. The Morgan fingerprint density at radius 3 is 2.75 bits per heavy atom. The van der Waals surface area contributed by atoms with Crippen LogP contribution in [0.2, 0.25) is 5.02 Å². The number of nitriles is 1. The van der Waals surface area contributed by atoms with E-state index in [1.54, 1.807) is 37.3 Å². The van der Waals surface area contributed by atoms with Crippen molar-refractivity contribution in [1.82, 2.24) is 0 Å². The first-order valence-corrected chi connectivity index (χ1v) is 8.94. The van der Waals surface area contributed by atoms with E-state index in [2.05, 4.69) is 21.2 Å². The summed E-state index contributed by atoms with van der Waals surface area (Å²) in [7, 11) is 0. The number of anilines is 1. The predicted molar refractivity (Wildman–Crippen MR) is 107 cm³/mol. The normalized spacial score (nSPS) is 11.0. The molecule has 2 N–H and O–H groups in total. The van der Waals surface area contributed by atoms with E-state index in [1.807, 2.05) is 28.7 Å². The molecule has 0 fully saturated rings. The van der Waals surface area contributed by atoms with E-state index in [1.165, 1.54) is 6.08 Å². The first-order valence-electron chi connectivity index (χ1n) is 6.69. The lowest BCUT2D eigenvalue weighted by Gasteiger charge is -2.09. The van der Waals surface area contributed by atoms with Gasteiger partial charge in [0.15, 0.2) is 0 Å². The van der Waals surface area contributed by atoms with Crippen LogP contribution in [0.15, 0.2) is 40.4 Å². The molecule has 0 aromatic heterocycles. The van der Waals surface area contributed by atoms with Gasteiger partial charge < -0.3 is 10.4 Å². The molecule has 0 unspecified atom stereocenters. The molecule has 0 heterocycles. The number of carbonyl (C=O) groups is 1. The summed E-state index contributed by atoms with van der Waals surface area (Å²) in [4.78, 5) is 12.3. The molecule has 0 bridgehead atoms. The van der Waals surface area contributed by atoms with E-state index in [9.17, 15) is 15.2 Å². The van der Waals surface area contributed by atoms with E-state index in [4.69, 9.17) is 11.6 Å². The number of aromatic hydroxyl groups is 1. The van der Waals surface area contributed by atoms with Gasteiger partial charge in [-0.3, -0.25) is 4.79 Å². The van der Waals surface area contributed by atoms with E-state index in [-0.39, 0.29) is 11.3 Å². The summed E-state index contributed by atoms with van der Waals surface area (Å²) in [5.41, 5.74) is 1.62. The van der Waals surface area contributed by atoms with Crippen LogP contribution in [0.25, 0.3) is 6.08 Å². The van der Waals surface area contributed by atoms with E-state index in [0.29, 0.717) is 19.8 Å². The summed E-state index contributed by atoms with van der Waals surface area (Å²) >= 11 is 11.2. The van der Waals surface area contributed by atoms with Crippen LogP contribution in [0.5, 0.6) is 5.75 Å². The fourth-order valence-electron chi connectivity index (χ4n) is 1.96. The lowest BCUT2D eigenvalue weighted by molar-refractivity contribution is -0.112. The lowest BCUT2D eigenvalue weighted by atomic mass is 10.1. The standard InChI is InChI=1S/C17H11BrClIN2O2/c1-9-4-13(19)2-3-15(9)22-17(24)11(8-21)5-10-6-12(18)7-14(20)16(10)23/h2-7,23H,1H3,(H,22,24)/b11-5+. The molecule has 0 aliphatic rings. The highest BCUT2D eigenvalue weighted by Gasteiger charge is 2.13. The minimum Gasteiger partial charge on any atom is -0.506 e. The van der Waals surface area contributed by atoms with Gasteiger partial charge in [0.25, 0.3) is 5.91 Å². The topological polar surface area (TPSA) is 73.1 Å². The molecule has 0 saturated carbocycles. The summed E-state index contributed by atoms with van der Waals surface area (Å²) in [6, 6.07) is 10.3. The zero-order valence-electron chi connectivity index (χ0n) is 12.4. The Morgan fingerprint density at radius 2 is 2.12 bits per heavy atom. The van der Waals surface area contributed by atoms with Crippen LogP contribution in [0.1, 0.15) is 11.1 Å². The minimum absolute atomic E-state index is 0.0158. The zero-order chi connectivity index (χ0) is 17.9. The molecular formula is C17H11BrClIN2O2. The number of nitrogens with zero attached hydrogens (tertiary/aromatic N) is 1. The SMILES string of the molecule is Cc1cc(Cl)ccc1NC(=O)/C(C#N)=C/c1cc(Br)cc(I)c1O. The number of benzene rings is 2. The summed E-state index contributed by atoms with van der Waals surface area (Å²) in [6.45, 7) is 1.81. The Labute approximate surface area is 166 Å². The Bertz CT molecular complexity index is 891. The van der Waals surface area contributed by atoms with Gasteiger partial charge in [0.05, 0.1) is 3.57 Å². The highest BCUT2D eigenvalue weighted by atomic mass is 127. The maximum absolute atomic E-state index is 12.3. The number of phenolic OH excluding ortho intramolecular Hbond substituents is 1. The average Bonchev–Trinajstić information content (AvgIpc) is 2.51. The van der Waals surface area contributed by atoms with Crippen molar-refractivity contribution in [3.05, 3.63) is 60.1 Å². The molecule has 0 spiro atoms. The quantitative estimate of drug-likeness (QED) is 0.331. The van der Waals surface area contributed by atoms with Gasteiger partial charge in [0, 0.05) is 20.7 Å². The Morgan fingerprint density at radius 1 is 1.42 bits per heavy atom. The third kappa shape index (κ3) is 4.50. The molecule has 1 amide bonds. The van der Waals surface area contributed by atoms with Gasteiger partial charge in [-0.05, 0) is 71.5 Å². The molecule has 24 heavy (non-hydrogen) atoms. The molecule has 0 saturated heterocycles. The minimum atomic E-state index is -0.558. The number of amides is 1. The van der Waals surface area contributed by atoms with Gasteiger partial charge in [-0.25, -0.2) is 0 Å². The van der Waals surface area contributed by atoms with Crippen LogP contribution in [0, 0.1) is 21.8 Å². The Kier molecular flexibility index (Phi) is 6.27. The molecule has 2 rings (SSSR count).